The van der Waals surface area contributed by atoms with Crippen molar-refractivity contribution in [2.24, 2.45) is 5.41 Å². The summed E-state index contributed by atoms with van der Waals surface area (Å²) in [6.45, 7) is 3.44. The molecule has 0 bridgehead atoms. The number of nitrogens with zero attached hydrogens (tertiary/aromatic N) is 2. The topological polar surface area (TPSA) is 132 Å². The SMILES string of the molecule is O=S1(=O)NC[C@H](O)CN(Cc2cccc(Cl)c2)CC2(COc3cc(N4CCOCC4)ccc31)C[C@@H](O)[C@@H](O)C2. The summed E-state index contributed by atoms with van der Waals surface area (Å²) in [5.41, 5.74) is 1.07. The van der Waals surface area contributed by atoms with Crippen LogP contribution in [-0.2, 0) is 21.3 Å². The number of morpholine rings is 1. The Balaban J connectivity index is 1.49. The fourth-order valence-electron chi connectivity index (χ4n) is 5.82. The zero-order chi connectivity index (χ0) is 27.6. The second-order valence-electron chi connectivity index (χ2n) is 10.9. The molecule has 0 aromatic heterocycles. The highest BCUT2D eigenvalue weighted by Gasteiger charge is 2.46. The van der Waals surface area contributed by atoms with Gasteiger partial charge in [-0.05, 0) is 42.7 Å². The third-order valence-corrected chi connectivity index (χ3v) is 9.39. The van der Waals surface area contributed by atoms with Crippen LogP contribution < -0.4 is 14.4 Å². The zero-order valence-corrected chi connectivity index (χ0v) is 23.3. The Hall–Kier alpha value is -1.96. The Labute approximate surface area is 234 Å². The first-order valence-electron chi connectivity index (χ1n) is 13.2. The van der Waals surface area contributed by atoms with Gasteiger partial charge in [0.15, 0.2) is 0 Å². The standard InChI is InChI=1S/C27H36ClN3O7S/c28-20-3-1-2-19(10-20)15-30-16-22(32)14-29-39(35,36)26-5-4-21(31-6-8-37-9-7-31)11-25(26)38-18-27(17-30)12-23(33)24(34)13-27/h1-5,10-11,22-24,29,32-34H,6-9,12-18H2/t22-,23-,24+,27?/m0/s1. The van der Waals surface area contributed by atoms with Crippen LogP contribution in [0.2, 0.25) is 5.02 Å². The van der Waals surface area contributed by atoms with Gasteiger partial charge in [0.25, 0.3) is 0 Å². The number of ether oxygens (including phenoxy) is 2. The number of halogens is 1. The Morgan fingerprint density at radius 3 is 2.51 bits per heavy atom. The summed E-state index contributed by atoms with van der Waals surface area (Å²) in [6.07, 6.45) is -2.30. The number of benzene rings is 2. The van der Waals surface area contributed by atoms with Crippen molar-refractivity contribution in [3.8, 4) is 5.75 Å². The van der Waals surface area contributed by atoms with E-state index < -0.39 is 33.8 Å². The number of aliphatic hydroxyl groups excluding tert-OH is 3. The van der Waals surface area contributed by atoms with E-state index in [1.54, 1.807) is 18.2 Å². The molecule has 4 atom stereocenters. The van der Waals surface area contributed by atoms with Crippen molar-refractivity contribution in [1.29, 1.82) is 0 Å². The Bertz CT molecular complexity index is 1250. The van der Waals surface area contributed by atoms with Crippen LogP contribution in [0.25, 0.3) is 0 Å². The van der Waals surface area contributed by atoms with E-state index >= 15 is 0 Å². The third-order valence-electron chi connectivity index (χ3n) is 7.69. The van der Waals surface area contributed by atoms with E-state index in [9.17, 15) is 23.7 Å². The molecule has 1 spiro atoms. The average molecular weight is 582 g/mol. The summed E-state index contributed by atoms with van der Waals surface area (Å²) in [5, 5.41) is 32.6. The lowest BCUT2D eigenvalue weighted by Crippen LogP contribution is -2.46. The summed E-state index contributed by atoms with van der Waals surface area (Å²) >= 11 is 6.20. The number of nitrogens with one attached hydrogen (secondary N) is 1. The van der Waals surface area contributed by atoms with Crippen molar-refractivity contribution in [3.05, 3.63) is 53.1 Å². The number of aliphatic hydroxyl groups is 3. The van der Waals surface area contributed by atoms with Gasteiger partial charge < -0.3 is 29.7 Å². The number of sulfonamides is 1. The van der Waals surface area contributed by atoms with Crippen LogP contribution in [0, 0.1) is 5.41 Å². The van der Waals surface area contributed by atoms with E-state index in [2.05, 4.69) is 9.62 Å². The molecule has 3 aliphatic rings. The van der Waals surface area contributed by atoms with Gasteiger partial charge in [-0.3, -0.25) is 4.90 Å². The predicted molar refractivity (Wildman–Crippen MR) is 147 cm³/mol. The molecule has 39 heavy (non-hydrogen) atoms. The van der Waals surface area contributed by atoms with E-state index in [-0.39, 0.29) is 43.2 Å². The highest BCUT2D eigenvalue weighted by Crippen LogP contribution is 2.41. The van der Waals surface area contributed by atoms with Crippen LogP contribution in [0.1, 0.15) is 18.4 Å². The Kier molecular flexibility index (Phi) is 8.70. The molecule has 1 aliphatic carbocycles. The van der Waals surface area contributed by atoms with Crippen LogP contribution in [0.4, 0.5) is 5.69 Å². The monoisotopic (exact) mass is 581 g/mol. The molecule has 1 unspecified atom stereocenters. The van der Waals surface area contributed by atoms with Crippen LogP contribution >= 0.6 is 11.6 Å². The maximum atomic E-state index is 13.3. The van der Waals surface area contributed by atoms with Crippen molar-refractivity contribution < 1.29 is 33.2 Å². The molecule has 2 aliphatic heterocycles. The van der Waals surface area contributed by atoms with Gasteiger partial charge in [0.05, 0.1) is 38.1 Å². The van der Waals surface area contributed by atoms with Crippen molar-refractivity contribution in [1.82, 2.24) is 9.62 Å². The van der Waals surface area contributed by atoms with Gasteiger partial charge in [0, 0.05) is 61.5 Å². The predicted octanol–water partition coefficient (Wildman–Crippen LogP) is 1.21. The Morgan fingerprint density at radius 2 is 1.79 bits per heavy atom. The van der Waals surface area contributed by atoms with Crippen molar-refractivity contribution in [2.45, 2.75) is 42.6 Å². The molecule has 2 heterocycles. The lowest BCUT2D eigenvalue weighted by Gasteiger charge is -2.37. The largest absolute Gasteiger partial charge is 0.491 e. The highest BCUT2D eigenvalue weighted by atomic mass is 35.5. The summed E-state index contributed by atoms with van der Waals surface area (Å²) in [5.74, 6) is 0.193. The molecule has 1 saturated heterocycles. The van der Waals surface area contributed by atoms with Crippen LogP contribution in [0.15, 0.2) is 47.4 Å². The molecule has 214 valence electrons. The van der Waals surface area contributed by atoms with Crippen molar-refractivity contribution >= 4 is 27.3 Å². The van der Waals surface area contributed by atoms with Crippen molar-refractivity contribution in [3.63, 3.8) is 0 Å². The molecule has 0 amide bonds. The molecule has 2 fully saturated rings. The van der Waals surface area contributed by atoms with Crippen molar-refractivity contribution in [2.75, 3.05) is 57.4 Å². The average Bonchev–Trinajstić information content (AvgIpc) is 3.19. The minimum absolute atomic E-state index is 0.0164. The van der Waals surface area contributed by atoms with E-state index in [1.165, 1.54) is 6.07 Å². The molecule has 2 aromatic rings. The quantitative estimate of drug-likeness (QED) is 0.422. The number of hydrogen-bond acceptors (Lipinski definition) is 9. The zero-order valence-electron chi connectivity index (χ0n) is 21.7. The number of rotatable bonds is 3. The number of anilines is 1. The first kappa shape index (κ1) is 28.6. The van der Waals surface area contributed by atoms with Gasteiger partial charge in [-0.1, -0.05) is 23.7 Å². The minimum Gasteiger partial charge on any atom is -0.491 e. The van der Waals surface area contributed by atoms with E-state index in [0.717, 1.165) is 11.3 Å². The summed E-state index contributed by atoms with van der Waals surface area (Å²) in [4.78, 5) is 4.10. The first-order chi connectivity index (χ1) is 18.6. The number of hydrogen-bond donors (Lipinski definition) is 4. The van der Waals surface area contributed by atoms with Gasteiger partial charge in [-0.15, -0.1) is 0 Å². The lowest BCUT2D eigenvalue weighted by molar-refractivity contribution is 0.0427. The van der Waals surface area contributed by atoms with Gasteiger partial charge in [0.1, 0.15) is 10.6 Å². The number of fused-ring (bicyclic) bond motifs is 1. The second-order valence-corrected chi connectivity index (χ2v) is 13.0. The van der Waals surface area contributed by atoms with E-state index in [0.29, 0.717) is 44.4 Å². The summed E-state index contributed by atoms with van der Waals surface area (Å²) in [6, 6.07) is 12.4. The van der Waals surface area contributed by atoms with Gasteiger partial charge in [0.2, 0.25) is 10.0 Å². The summed E-state index contributed by atoms with van der Waals surface area (Å²) < 4.78 is 40.9. The van der Waals surface area contributed by atoms with Gasteiger partial charge in [-0.25, -0.2) is 13.1 Å². The first-order valence-corrected chi connectivity index (χ1v) is 15.1. The van der Waals surface area contributed by atoms with E-state index in [1.807, 2.05) is 23.1 Å². The van der Waals surface area contributed by atoms with Crippen LogP contribution in [0.3, 0.4) is 0 Å². The lowest BCUT2D eigenvalue weighted by atomic mass is 9.85. The Morgan fingerprint density at radius 1 is 1.05 bits per heavy atom. The maximum Gasteiger partial charge on any atom is 0.244 e. The van der Waals surface area contributed by atoms with Gasteiger partial charge >= 0.3 is 0 Å². The second kappa shape index (κ2) is 11.9. The third kappa shape index (κ3) is 6.86. The molecule has 2 aromatic carbocycles. The van der Waals surface area contributed by atoms with E-state index in [4.69, 9.17) is 21.1 Å². The smallest absolute Gasteiger partial charge is 0.244 e. The fourth-order valence-corrected chi connectivity index (χ4v) is 7.23. The van der Waals surface area contributed by atoms with Crippen LogP contribution in [0.5, 0.6) is 5.75 Å². The molecule has 0 radical (unpaired) electrons. The molecular weight excluding hydrogens is 546 g/mol. The molecular formula is C27H36ClN3O7S. The maximum absolute atomic E-state index is 13.3. The molecule has 5 rings (SSSR count). The normalized spacial score (nSPS) is 30.3. The highest BCUT2D eigenvalue weighted by molar-refractivity contribution is 7.89. The molecule has 4 N–H and O–H groups in total. The minimum atomic E-state index is -4.00. The molecule has 10 nitrogen and oxygen atoms in total. The molecule has 1 saturated carbocycles. The van der Waals surface area contributed by atoms with Crippen LogP contribution in [-0.4, -0.2) is 99.5 Å². The van der Waals surface area contributed by atoms with Gasteiger partial charge in [-0.2, -0.15) is 0 Å². The molecule has 12 heteroatoms. The summed E-state index contributed by atoms with van der Waals surface area (Å²) in [7, 11) is -4.00. The fraction of sp³-hybridized carbons (Fsp3) is 0.556. The number of β-amino-alcohol motifs (C(OH)–C–C–N with tert-alkyl or cyclic N) is 1.